The summed E-state index contributed by atoms with van der Waals surface area (Å²) in [6, 6.07) is 6.83. The largest absolute Gasteiger partial charge is 0.481 e. The minimum atomic E-state index is -4.81. The van der Waals surface area contributed by atoms with E-state index < -0.39 is 50.1 Å². The van der Waals surface area contributed by atoms with Gasteiger partial charge in [-0.1, -0.05) is 38.1 Å². The third kappa shape index (κ3) is 5.01. The van der Waals surface area contributed by atoms with Gasteiger partial charge in [0.05, 0.1) is 22.7 Å². The molecule has 2 atom stereocenters. The van der Waals surface area contributed by atoms with Gasteiger partial charge in [0.25, 0.3) is 10.1 Å². The molecule has 12 heteroatoms. The molecule has 0 radical (unpaired) electrons. The number of aliphatic carboxylic acids is 1. The Morgan fingerprint density at radius 2 is 1.47 bits per heavy atom. The molecule has 6 N–H and O–H groups in total. The Morgan fingerprint density at radius 3 is 2.00 bits per heavy atom. The van der Waals surface area contributed by atoms with Gasteiger partial charge in [-0.25, -0.2) is 0 Å². The maximum Gasteiger partial charge on any atom is 0.307 e. The van der Waals surface area contributed by atoms with Crippen molar-refractivity contribution in [3.63, 3.8) is 0 Å². The molecule has 0 saturated heterocycles. The monoisotopic (exact) mass is 543 g/mol. The van der Waals surface area contributed by atoms with Crippen molar-refractivity contribution in [2.24, 2.45) is 11.8 Å². The predicted molar refractivity (Wildman–Crippen MR) is 138 cm³/mol. The number of carbonyl (C=O) groups excluding carboxylic acids is 3. The van der Waals surface area contributed by atoms with E-state index in [1.165, 1.54) is 19.1 Å². The van der Waals surface area contributed by atoms with Crippen molar-refractivity contribution in [3.05, 3.63) is 52.6 Å². The maximum absolute atomic E-state index is 13.4. The van der Waals surface area contributed by atoms with Crippen LogP contribution in [0, 0.1) is 11.8 Å². The van der Waals surface area contributed by atoms with Crippen LogP contribution in [0.3, 0.4) is 0 Å². The number of anilines is 2. The number of hydrogen-bond donors (Lipinski definition) is 5. The number of carboxylic acids is 1. The molecule has 2 aliphatic rings. The Hall–Kier alpha value is -3.77. The lowest BCUT2D eigenvalue weighted by Crippen LogP contribution is -2.44. The second-order valence-corrected chi connectivity index (χ2v) is 11.3. The summed E-state index contributed by atoms with van der Waals surface area (Å²) in [6.45, 7) is 3.04. The summed E-state index contributed by atoms with van der Waals surface area (Å²) in [5, 5.41) is 15.2. The first-order chi connectivity index (χ1) is 17.8. The average molecular weight is 544 g/mol. The minimum Gasteiger partial charge on any atom is -0.481 e. The van der Waals surface area contributed by atoms with E-state index in [0.29, 0.717) is 25.7 Å². The Labute approximate surface area is 219 Å². The summed E-state index contributed by atoms with van der Waals surface area (Å²) in [5.41, 5.74) is 5.54. The summed E-state index contributed by atoms with van der Waals surface area (Å²) in [6.07, 6.45) is 2.17. The number of amides is 1. The molecular formula is C26H29N3O8S. The lowest BCUT2D eigenvalue weighted by atomic mass is 9.82. The van der Waals surface area contributed by atoms with Crippen LogP contribution in [0.15, 0.2) is 35.2 Å². The first-order valence-electron chi connectivity index (χ1n) is 12.2. The molecular weight excluding hydrogens is 514 g/mol. The van der Waals surface area contributed by atoms with Crippen LogP contribution in [-0.4, -0.2) is 53.6 Å². The molecule has 0 aliphatic heterocycles. The van der Waals surface area contributed by atoms with Crippen LogP contribution in [0.4, 0.5) is 11.4 Å². The highest BCUT2D eigenvalue weighted by molar-refractivity contribution is 7.86. The van der Waals surface area contributed by atoms with Gasteiger partial charge in [0.15, 0.2) is 11.6 Å². The second kappa shape index (κ2) is 10.2. The third-order valence-corrected chi connectivity index (χ3v) is 8.36. The third-order valence-electron chi connectivity index (χ3n) is 7.46. The number of nitrogens with two attached hydrogens (primary N) is 1. The second-order valence-electron chi connectivity index (χ2n) is 9.88. The molecule has 1 unspecified atom stereocenters. The van der Waals surface area contributed by atoms with Gasteiger partial charge in [-0.3, -0.25) is 23.7 Å². The van der Waals surface area contributed by atoms with E-state index in [2.05, 4.69) is 10.6 Å². The molecule has 11 nitrogen and oxygen atoms in total. The molecule has 202 valence electrons. The Balaban J connectivity index is 1.58. The summed E-state index contributed by atoms with van der Waals surface area (Å²) in [5.74, 6) is -4.02. The van der Waals surface area contributed by atoms with Gasteiger partial charge in [0.1, 0.15) is 4.90 Å². The molecule has 4 rings (SSSR count). The fourth-order valence-corrected chi connectivity index (χ4v) is 5.64. The van der Waals surface area contributed by atoms with Crippen LogP contribution < -0.4 is 16.4 Å². The molecule has 0 bridgehead atoms. The van der Waals surface area contributed by atoms with E-state index in [-0.39, 0.29) is 45.9 Å². The predicted octanol–water partition coefficient (Wildman–Crippen LogP) is 2.49. The van der Waals surface area contributed by atoms with Gasteiger partial charge in [-0.05, 0) is 31.7 Å². The zero-order chi connectivity index (χ0) is 27.9. The number of nitrogens with one attached hydrogen (secondary N) is 2. The zero-order valence-electron chi connectivity index (χ0n) is 20.9. The molecule has 1 saturated carbocycles. The number of carbonyl (C=O) groups is 4. The lowest BCUT2D eigenvalue weighted by molar-refractivity contribution is -0.146. The van der Waals surface area contributed by atoms with E-state index in [4.69, 9.17) is 10.8 Å². The summed E-state index contributed by atoms with van der Waals surface area (Å²) in [4.78, 5) is 49.7. The standard InChI is InChI=1S/C26H29N3O8S/c1-12(13(2)26(33)34)25(32)29-15-9-7-14(8-10-15)28-18-11-19(38(35,36)37)22(27)21-20(18)23(30)16-5-3-4-6-17(16)24(21)31/h3-6,11-15,28H,7-10,27H2,1-2H3,(H,29,32)(H,33,34)(H,35,36,37)/t12-,13?,14?,15?/m1/s1. The molecule has 1 amide bonds. The number of hydrogen-bond acceptors (Lipinski definition) is 8. The number of benzene rings is 2. The van der Waals surface area contributed by atoms with Gasteiger partial charge in [-0.15, -0.1) is 0 Å². The fourth-order valence-electron chi connectivity index (χ4n) is 5.00. The fraction of sp³-hybridized carbons (Fsp3) is 0.385. The van der Waals surface area contributed by atoms with E-state index in [1.54, 1.807) is 19.1 Å². The molecule has 38 heavy (non-hydrogen) atoms. The first kappa shape index (κ1) is 27.3. The Bertz CT molecular complexity index is 1440. The number of rotatable bonds is 7. The van der Waals surface area contributed by atoms with Gasteiger partial charge < -0.3 is 21.5 Å². The first-order valence-corrected chi connectivity index (χ1v) is 13.7. The Morgan fingerprint density at radius 1 is 0.947 bits per heavy atom. The van der Waals surface area contributed by atoms with Crippen LogP contribution in [0.25, 0.3) is 0 Å². The van der Waals surface area contributed by atoms with Crippen molar-refractivity contribution in [2.45, 2.75) is 56.5 Å². The molecule has 2 aromatic carbocycles. The van der Waals surface area contributed by atoms with Crippen molar-refractivity contribution in [3.8, 4) is 0 Å². The zero-order valence-corrected chi connectivity index (χ0v) is 21.7. The molecule has 0 spiro atoms. The SMILES string of the molecule is CC(C(=O)O)[C@@H](C)C(=O)NC1CCC(Nc2cc(S(=O)(=O)O)c(N)c3c2C(=O)c2ccccc2C3=O)CC1. The summed E-state index contributed by atoms with van der Waals surface area (Å²) < 4.78 is 33.9. The summed E-state index contributed by atoms with van der Waals surface area (Å²) in [7, 11) is -4.81. The van der Waals surface area contributed by atoms with E-state index >= 15 is 0 Å². The van der Waals surface area contributed by atoms with Crippen LogP contribution in [0.1, 0.15) is 71.4 Å². The van der Waals surface area contributed by atoms with Crippen LogP contribution in [-0.2, 0) is 19.7 Å². The van der Waals surface area contributed by atoms with Crippen molar-refractivity contribution in [1.82, 2.24) is 5.32 Å². The van der Waals surface area contributed by atoms with Crippen LogP contribution in [0.2, 0.25) is 0 Å². The quantitative estimate of drug-likeness (QED) is 0.218. The number of fused-ring (bicyclic) bond motifs is 2. The van der Waals surface area contributed by atoms with Crippen molar-refractivity contribution in [1.29, 1.82) is 0 Å². The maximum atomic E-state index is 13.4. The van der Waals surface area contributed by atoms with Crippen molar-refractivity contribution in [2.75, 3.05) is 11.1 Å². The van der Waals surface area contributed by atoms with Crippen LogP contribution in [0.5, 0.6) is 0 Å². The number of carboxylic acid groups (broad SMARTS) is 1. The van der Waals surface area contributed by atoms with Crippen molar-refractivity contribution >= 4 is 44.9 Å². The number of ketones is 2. The average Bonchev–Trinajstić information content (AvgIpc) is 2.87. The van der Waals surface area contributed by atoms with Crippen LogP contribution >= 0.6 is 0 Å². The topological polar surface area (TPSA) is 193 Å². The van der Waals surface area contributed by atoms with Gasteiger partial charge in [0.2, 0.25) is 5.91 Å². The summed E-state index contributed by atoms with van der Waals surface area (Å²) >= 11 is 0. The highest BCUT2D eigenvalue weighted by atomic mass is 32.2. The van der Waals surface area contributed by atoms with Crippen molar-refractivity contribution < 1.29 is 37.3 Å². The molecule has 2 aromatic rings. The number of nitrogen functional groups attached to an aromatic ring is 1. The lowest BCUT2D eigenvalue weighted by Gasteiger charge is -2.32. The molecule has 2 aliphatic carbocycles. The normalized spacial score (nSPS) is 20.6. The van der Waals surface area contributed by atoms with E-state index in [0.717, 1.165) is 6.07 Å². The highest BCUT2D eigenvalue weighted by Crippen LogP contribution is 2.40. The molecule has 1 fully saturated rings. The molecule has 0 aromatic heterocycles. The van der Waals surface area contributed by atoms with Gasteiger partial charge >= 0.3 is 5.97 Å². The van der Waals surface area contributed by atoms with E-state index in [9.17, 15) is 32.1 Å². The highest BCUT2D eigenvalue weighted by Gasteiger charge is 2.37. The smallest absolute Gasteiger partial charge is 0.307 e. The van der Waals surface area contributed by atoms with E-state index in [1.807, 2.05) is 0 Å². The van der Waals surface area contributed by atoms with Gasteiger partial charge in [-0.2, -0.15) is 8.42 Å². The van der Waals surface area contributed by atoms with Gasteiger partial charge in [0, 0.05) is 34.8 Å². The molecule has 0 heterocycles. The Kier molecular flexibility index (Phi) is 7.31. The minimum absolute atomic E-state index is 0.0505.